The lowest BCUT2D eigenvalue weighted by atomic mass is 10.1. The quantitative estimate of drug-likeness (QED) is 0.594. The smallest absolute Gasteiger partial charge is 0.273 e. The molecule has 18 heavy (non-hydrogen) atoms. The number of benzene rings is 1. The zero-order valence-corrected chi connectivity index (χ0v) is 9.49. The highest BCUT2D eigenvalue weighted by molar-refractivity contribution is 5.66. The second-order valence-corrected chi connectivity index (χ2v) is 3.58. The summed E-state index contributed by atoms with van der Waals surface area (Å²) in [6.07, 6.45) is 0. The molecule has 0 radical (unpaired) electrons. The number of nitro benzene ring substituents is 1. The summed E-state index contributed by atoms with van der Waals surface area (Å²) in [5.74, 6) is 0.174. The molecule has 92 valence electrons. The number of anilines is 2. The van der Waals surface area contributed by atoms with Crippen molar-refractivity contribution in [3.8, 4) is 11.4 Å². The number of nitro groups is 1. The summed E-state index contributed by atoms with van der Waals surface area (Å²) in [4.78, 5) is 21.9. The standard InChI is InChI=1S/C10H10N6O2/c1-5-6(3-2-4-7(5)16(17)18)8-13-9(11)15-10(12)14-8/h2-4H,1H3,(H4,11,12,13,14,15). The SMILES string of the molecule is Cc1c(-c2nc(N)nc(N)n2)cccc1[N+](=O)[O-]. The Hall–Kier alpha value is -2.77. The van der Waals surface area contributed by atoms with Crippen LogP contribution in [0.4, 0.5) is 17.6 Å². The van der Waals surface area contributed by atoms with Gasteiger partial charge in [-0.1, -0.05) is 12.1 Å². The van der Waals surface area contributed by atoms with Crippen molar-refractivity contribution >= 4 is 17.6 Å². The van der Waals surface area contributed by atoms with Crippen molar-refractivity contribution < 1.29 is 4.92 Å². The van der Waals surface area contributed by atoms with E-state index in [1.165, 1.54) is 6.07 Å². The second-order valence-electron chi connectivity index (χ2n) is 3.58. The maximum absolute atomic E-state index is 10.8. The van der Waals surface area contributed by atoms with Crippen molar-refractivity contribution in [3.63, 3.8) is 0 Å². The molecule has 2 rings (SSSR count). The van der Waals surface area contributed by atoms with Crippen LogP contribution in [0, 0.1) is 17.0 Å². The van der Waals surface area contributed by atoms with Crippen LogP contribution in [0.25, 0.3) is 11.4 Å². The first kappa shape index (κ1) is 11.7. The van der Waals surface area contributed by atoms with Crippen LogP contribution in [0.2, 0.25) is 0 Å². The Morgan fingerprint density at radius 1 is 1.17 bits per heavy atom. The van der Waals surface area contributed by atoms with Gasteiger partial charge in [0.05, 0.1) is 4.92 Å². The normalized spacial score (nSPS) is 10.3. The first-order chi connectivity index (χ1) is 8.49. The molecule has 8 nitrogen and oxygen atoms in total. The van der Waals surface area contributed by atoms with Gasteiger partial charge in [-0.25, -0.2) is 0 Å². The van der Waals surface area contributed by atoms with E-state index in [1.54, 1.807) is 19.1 Å². The first-order valence-electron chi connectivity index (χ1n) is 5.00. The molecule has 0 aliphatic heterocycles. The van der Waals surface area contributed by atoms with Crippen LogP contribution in [0.15, 0.2) is 18.2 Å². The average Bonchev–Trinajstić information content (AvgIpc) is 2.27. The molecule has 0 unspecified atom stereocenters. The van der Waals surface area contributed by atoms with Crippen LogP contribution in [-0.4, -0.2) is 19.9 Å². The van der Waals surface area contributed by atoms with E-state index in [2.05, 4.69) is 15.0 Å². The summed E-state index contributed by atoms with van der Waals surface area (Å²) in [5, 5.41) is 10.8. The van der Waals surface area contributed by atoms with Gasteiger partial charge in [-0.3, -0.25) is 10.1 Å². The molecule has 0 amide bonds. The van der Waals surface area contributed by atoms with E-state index in [9.17, 15) is 10.1 Å². The number of rotatable bonds is 2. The summed E-state index contributed by atoms with van der Waals surface area (Å²) < 4.78 is 0. The molecular weight excluding hydrogens is 236 g/mol. The lowest BCUT2D eigenvalue weighted by Gasteiger charge is -2.05. The molecule has 0 fully saturated rings. The van der Waals surface area contributed by atoms with E-state index < -0.39 is 4.92 Å². The predicted octanol–water partition coefficient (Wildman–Crippen LogP) is 0.920. The van der Waals surface area contributed by atoms with Crippen LogP contribution in [0.3, 0.4) is 0 Å². The lowest BCUT2D eigenvalue weighted by molar-refractivity contribution is -0.385. The molecule has 0 aliphatic carbocycles. The van der Waals surface area contributed by atoms with Crippen molar-refractivity contribution in [2.75, 3.05) is 11.5 Å². The minimum atomic E-state index is -0.466. The fraction of sp³-hybridized carbons (Fsp3) is 0.100. The van der Waals surface area contributed by atoms with Gasteiger partial charge in [-0.2, -0.15) is 15.0 Å². The van der Waals surface area contributed by atoms with E-state index in [-0.39, 0.29) is 23.4 Å². The molecule has 0 spiro atoms. The Kier molecular flexibility index (Phi) is 2.76. The molecule has 0 bridgehead atoms. The molecule has 0 aliphatic rings. The topological polar surface area (TPSA) is 134 Å². The molecule has 0 saturated heterocycles. The molecule has 0 saturated carbocycles. The van der Waals surface area contributed by atoms with E-state index in [0.717, 1.165) is 0 Å². The Bertz CT molecular complexity index is 608. The van der Waals surface area contributed by atoms with Gasteiger partial charge in [0.2, 0.25) is 11.9 Å². The van der Waals surface area contributed by atoms with Gasteiger partial charge in [0, 0.05) is 17.2 Å². The summed E-state index contributed by atoms with van der Waals surface area (Å²) in [7, 11) is 0. The minimum Gasteiger partial charge on any atom is -0.368 e. The predicted molar refractivity (Wildman–Crippen MR) is 65.5 cm³/mol. The van der Waals surface area contributed by atoms with Crippen LogP contribution in [0.1, 0.15) is 5.56 Å². The summed E-state index contributed by atoms with van der Waals surface area (Å²) in [6.45, 7) is 1.61. The Morgan fingerprint density at radius 2 is 1.78 bits per heavy atom. The largest absolute Gasteiger partial charge is 0.368 e. The minimum absolute atomic E-state index is 0.00921. The van der Waals surface area contributed by atoms with Crippen molar-refractivity contribution in [2.24, 2.45) is 0 Å². The monoisotopic (exact) mass is 246 g/mol. The second kappa shape index (κ2) is 4.24. The van der Waals surface area contributed by atoms with Crippen molar-refractivity contribution in [1.82, 2.24) is 15.0 Å². The van der Waals surface area contributed by atoms with E-state index in [0.29, 0.717) is 11.1 Å². The molecule has 0 atom stereocenters. The van der Waals surface area contributed by atoms with Gasteiger partial charge in [0.15, 0.2) is 5.82 Å². The van der Waals surface area contributed by atoms with Crippen LogP contribution in [-0.2, 0) is 0 Å². The maximum atomic E-state index is 10.8. The van der Waals surface area contributed by atoms with Gasteiger partial charge >= 0.3 is 0 Å². The van der Waals surface area contributed by atoms with Crippen LogP contribution in [0.5, 0.6) is 0 Å². The Balaban J connectivity index is 2.64. The van der Waals surface area contributed by atoms with Crippen molar-refractivity contribution in [1.29, 1.82) is 0 Å². The van der Waals surface area contributed by atoms with Crippen LogP contribution >= 0.6 is 0 Å². The molecule has 2 aromatic rings. The van der Waals surface area contributed by atoms with E-state index in [4.69, 9.17) is 11.5 Å². The molecule has 8 heteroatoms. The summed E-state index contributed by atoms with van der Waals surface area (Å²) in [6, 6.07) is 4.62. The Labute approximate surface area is 102 Å². The van der Waals surface area contributed by atoms with Gasteiger partial charge in [0.25, 0.3) is 5.69 Å². The zero-order chi connectivity index (χ0) is 13.3. The lowest BCUT2D eigenvalue weighted by Crippen LogP contribution is -2.05. The zero-order valence-electron chi connectivity index (χ0n) is 9.49. The number of hydrogen-bond acceptors (Lipinski definition) is 7. The maximum Gasteiger partial charge on any atom is 0.273 e. The molecule has 1 aromatic carbocycles. The molecule has 4 N–H and O–H groups in total. The number of nitrogens with zero attached hydrogens (tertiary/aromatic N) is 4. The molecular formula is C10H10N6O2. The summed E-state index contributed by atoms with van der Waals surface area (Å²) >= 11 is 0. The third-order valence-corrected chi connectivity index (χ3v) is 2.41. The average molecular weight is 246 g/mol. The highest BCUT2D eigenvalue weighted by atomic mass is 16.6. The van der Waals surface area contributed by atoms with Gasteiger partial charge in [0.1, 0.15) is 0 Å². The summed E-state index contributed by atoms with van der Waals surface area (Å²) in [5.41, 5.74) is 11.9. The fourth-order valence-electron chi connectivity index (χ4n) is 1.59. The van der Waals surface area contributed by atoms with Crippen molar-refractivity contribution in [2.45, 2.75) is 6.92 Å². The van der Waals surface area contributed by atoms with Crippen molar-refractivity contribution in [3.05, 3.63) is 33.9 Å². The first-order valence-corrected chi connectivity index (χ1v) is 5.00. The fourth-order valence-corrected chi connectivity index (χ4v) is 1.59. The number of aromatic nitrogens is 3. The van der Waals surface area contributed by atoms with Gasteiger partial charge in [-0.05, 0) is 6.92 Å². The van der Waals surface area contributed by atoms with E-state index in [1.807, 2.05) is 0 Å². The molecule has 1 heterocycles. The highest BCUT2D eigenvalue weighted by Crippen LogP contribution is 2.27. The Morgan fingerprint density at radius 3 is 2.33 bits per heavy atom. The highest BCUT2D eigenvalue weighted by Gasteiger charge is 2.16. The third kappa shape index (κ3) is 2.03. The molecule has 1 aromatic heterocycles. The van der Waals surface area contributed by atoms with Gasteiger partial charge < -0.3 is 11.5 Å². The number of nitrogen functional groups attached to an aromatic ring is 2. The van der Waals surface area contributed by atoms with Crippen LogP contribution < -0.4 is 11.5 Å². The van der Waals surface area contributed by atoms with E-state index >= 15 is 0 Å². The third-order valence-electron chi connectivity index (χ3n) is 2.41. The van der Waals surface area contributed by atoms with Gasteiger partial charge in [-0.15, -0.1) is 0 Å². The number of nitrogens with two attached hydrogens (primary N) is 2. The number of hydrogen-bond donors (Lipinski definition) is 2.